The summed E-state index contributed by atoms with van der Waals surface area (Å²) in [4.78, 5) is 37.0. The number of benzene rings is 2. The lowest BCUT2D eigenvalue weighted by Crippen LogP contribution is -2.60. The molecule has 1 aliphatic heterocycles. The van der Waals surface area contributed by atoms with Crippen molar-refractivity contribution in [2.45, 2.75) is 76.8 Å². The van der Waals surface area contributed by atoms with Crippen LogP contribution in [0.15, 0.2) is 60.7 Å². The molecule has 0 spiro atoms. The Kier molecular flexibility index (Phi) is 10.4. The number of rotatable bonds is 14. The number of carboxylic acids is 1. The Morgan fingerprint density at radius 3 is 2.34 bits per heavy atom. The van der Waals surface area contributed by atoms with Crippen LogP contribution >= 0.6 is 0 Å². The molecular formula is C29H39N3O6. The van der Waals surface area contributed by atoms with Gasteiger partial charge < -0.3 is 15.2 Å². The van der Waals surface area contributed by atoms with Crippen LogP contribution in [0.3, 0.4) is 0 Å². The molecular weight excluding hydrogens is 486 g/mol. The number of aliphatic carboxylic acids is 1. The fourth-order valence-corrected chi connectivity index (χ4v) is 5.39. The van der Waals surface area contributed by atoms with Crippen LogP contribution in [0.25, 0.3) is 0 Å². The maximum atomic E-state index is 13.7. The molecule has 206 valence electrons. The molecule has 1 fully saturated rings. The van der Waals surface area contributed by atoms with Gasteiger partial charge in [-0.15, -0.1) is 0 Å². The maximum Gasteiger partial charge on any atom is 0.303 e. The molecule has 3 N–H and O–H groups in total. The topological polar surface area (TPSA) is 131 Å². The van der Waals surface area contributed by atoms with E-state index in [0.717, 1.165) is 17.5 Å². The Labute approximate surface area is 224 Å². The first-order valence-electron chi connectivity index (χ1n) is 13.3. The first kappa shape index (κ1) is 29.3. The number of amides is 1. The van der Waals surface area contributed by atoms with Gasteiger partial charge in [0.2, 0.25) is 11.9 Å². The molecule has 1 saturated heterocycles. The number of hydrogen-bond donors (Lipinski definition) is 3. The normalized spacial score (nSPS) is 24.4. The van der Waals surface area contributed by atoms with E-state index in [9.17, 15) is 19.7 Å². The molecule has 9 heteroatoms. The van der Waals surface area contributed by atoms with E-state index in [0.29, 0.717) is 12.8 Å². The quantitative estimate of drug-likeness (QED) is 0.190. The number of carboxylic acid groups (broad SMARTS) is 1. The molecule has 0 unspecified atom stereocenters. The van der Waals surface area contributed by atoms with Crippen molar-refractivity contribution < 1.29 is 24.4 Å². The van der Waals surface area contributed by atoms with Crippen LogP contribution < -0.4 is 10.6 Å². The molecule has 6 atom stereocenters. The molecule has 1 heterocycles. The summed E-state index contributed by atoms with van der Waals surface area (Å²) in [5.74, 6) is -2.04. The molecule has 0 bridgehead atoms. The molecule has 0 aliphatic carbocycles. The zero-order chi connectivity index (χ0) is 27.7. The van der Waals surface area contributed by atoms with E-state index >= 15 is 0 Å². The van der Waals surface area contributed by atoms with E-state index in [4.69, 9.17) is 9.84 Å². The van der Waals surface area contributed by atoms with Crippen molar-refractivity contribution in [2.24, 2.45) is 11.8 Å². The Bertz CT molecular complexity index is 1070. The third-order valence-corrected chi connectivity index (χ3v) is 7.65. The van der Waals surface area contributed by atoms with Crippen LogP contribution in [0.1, 0.15) is 63.6 Å². The van der Waals surface area contributed by atoms with Crippen LogP contribution in [-0.4, -0.2) is 46.1 Å². The number of nitro groups is 1. The second-order valence-electron chi connectivity index (χ2n) is 10.3. The lowest BCUT2D eigenvalue weighted by atomic mass is 9.74. The van der Waals surface area contributed by atoms with Crippen molar-refractivity contribution >= 4 is 11.9 Å². The molecule has 1 amide bonds. The summed E-state index contributed by atoms with van der Waals surface area (Å²) >= 11 is 0. The number of carbonyl (C=O) groups is 2. The van der Waals surface area contributed by atoms with Gasteiger partial charge in [-0.1, -0.05) is 80.9 Å². The average Bonchev–Trinajstić information content (AvgIpc) is 3.23. The van der Waals surface area contributed by atoms with Gasteiger partial charge in [0.05, 0.1) is 18.6 Å². The Morgan fingerprint density at radius 2 is 1.76 bits per heavy atom. The van der Waals surface area contributed by atoms with E-state index in [-0.39, 0.29) is 36.3 Å². The second-order valence-corrected chi connectivity index (χ2v) is 10.3. The van der Waals surface area contributed by atoms with E-state index in [2.05, 4.69) is 10.6 Å². The minimum atomic E-state index is -1.30. The fourth-order valence-electron chi connectivity index (χ4n) is 5.39. The summed E-state index contributed by atoms with van der Waals surface area (Å²) in [6.07, 6.45) is 1.11. The molecule has 1 aliphatic rings. The molecule has 38 heavy (non-hydrogen) atoms. The largest absolute Gasteiger partial charge is 0.481 e. The van der Waals surface area contributed by atoms with E-state index in [1.807, 2.05) is 74.5 Å². The first-order chi connectivity index (χ1) is 18.2. The average molecular weight is 526 g/mol. The monoisotopic (exact) mass is 525 g/mol. The minimum Gasteiger partial charge on any atom is -0.481 e. The molecule has 0 radical (unpaired) electrons. The van der Waals surface area contributed by atoms with Gasteiger partial charge in [-0.25, -0.2) is 0 Å². The number of hydrogen-bond acceptors (Lipinski definition) is 6. The molecule has 0 saturated carbocycles. The Balaban J connectivity index is 1.96. The van der Waals surface area contributed by atoms with Crippen LogP contribution in [0.2, 0.25) is 0 Å². The Hall–Kier alpha value is -3.30. The summed E-state index contributed by atoms with van der Waals surface area (Å²) < 4.78 is 6.45. The van der Waals surface area contributed by atoms with Crippen molar-refractivity contribution in [2.75, 3.05) is 6.54 Å². The highest BCUT2D eigenvalue weighted by molar-refractivity contribution is 5.87. The minimum absolute atomic E-state index is 0.0247. The summed E-state index contributed by atoms with van der Waals surface area (Å²) in [6.45, 7) is 6.31. The van der Waals surface area contributed by atoms with Crippen LogP contribution in [0.4, 0.5) is 0 Å². The predicted molar refractivity (Wildman–Crippen MR) is 144 cm³/mol. The van der Waals surface area contributed by atoms with Crippen molar-refractivity contribution in [1.29, 1.82) is 0 Å². The van der Waals surface area contributed by atoms with E-state index < -0.39 is 35.6 Å². The Morgan fingerprint density at radius 1 is 1.13 bits per heavy atom. The van der Waals surface area contributed by atoms with Crippen LogP contribution in [0.5, 0.6) is 0 Å². The van der Waals surface area contributed by atoms with Crippen molar-refractivity contribution in [3.63, 3.8) is 0 Å². The summed E-state index contributed by atoms with van der Waals surface area (Å²) in [5.41, 5.74) is 0.396. The molecule has 0 aromatic heterocycles. The van der Waals surface area contributed by atoms with Crippen LogP contribution in [0, 0.1) is 22.0 Å². The number of ether oxygens (including phenoxy) is 1. The fraction of sp³-hybridized carbons (Fsp3) is 0.517. The van der Waals surface area contributed by atoms with Gasteiger partial charge in [0.1, 0.15) is 11.6 Å². The number of nitrogens with one attached hydrogen (secondary N) is 2. The number of unbranched alkanes of at least 4 members (excludes halogenated alkanes) is 1. The highest BCUT2D eigenvalue weighted by Crippen LogP contribution is 2.45. The second kappa shape index (κ2) is 13.5. The zero-order valence-electron chi connectivity index (χ0n) is 22.3. The highest BCUT2D eigenvalue weighted by Gasteiger charge is 2.64. The number of nitrogens with zero attached hydrogens (tertiary/aromatic N) is 1. The summed E-state index contributed by atoms with van der Waals surface area (Å²) in [5, 5.41) is 27.8. The van der Waals surface area contributed by atoms with Crippen LogP contribution in [-0.2, 0) is 20.9 Å². The van der Waals surface area contributed by atoms with Crippen molar-refractivity contribution in [3.05, 3.63) is 81.9 Å². The van der Waals surface area contributed by atoms with Gasteiger partial charge in [0.25, 0.3) is 0 Å². The van der Waals surface area contributed by atoms with Crippen molar-refractivity contribution in [1.82, 2.24) is 10.6 Å². The standard InChI is InChI=1S/C29H39N3O6/c1-4-20(2)27(38-19-21-13-7-5-8-14-21)24-26(32(36)37)25(22-15-9-6-10-16-22)31-29(24,3)28(35)30-18-12-11-17-23(33)34/h5-10,13-16,20,24-27,31H,4,11-12,17-19H2,1-3H3,(H,30,35)(H,33,34)/t20-,24+,25-,26-,27-,29-/m0/s1. The third-order valence-electron chi connectivity index (χ3n) is 7.65. The van der Waals surface area contributed by atoms with Gasteiger partial charge in [0, 0.05) is 17.9 Å². The summed E-state index contributed by atoms with van der Waals surface area (Å²) in [7, 11) is 0. The SMILES string of the molecule is CC[C@H](C)[C@H](OCc1ccccc1)[C@H]1[C@H]([N+](=O)[O-])[C@H](c2ccccc2)N[C@]1(C)C(=O)NCCCCC(=O)O. The zero-order valence-corrected chi connectivity index (χ0v) is 22.3. The van der Waals surface area contributed by atoms with Gasteiger partial charge in [-0.2, -0.15) is 0 Å². The first-order valence-corrected chi connectivity index (χ1v) is 13.3. The van der Waals surface area contributed by atoms with Gasteiger partial charge in [-0.3, -0.25) is 25.0 Å². The highest BCUT2D eigenvalue weighted by atomic mass is 16.6. The molecule has 9 nitrogen and oxygen atoms in total. The molecule has 2 aromatic carbocycles. The van der Waals surface area contributed by atoms with Crippen molar-refractivity contribution in [3.8, 4) is 0 Å². The summed E-state index contributed by atoms with van der Waals surface area (Å²) in [6, 6.07) is 17.0. The maximum absolute atomic E-state index is 13.7. The third kappa shape index (κ3) is 6.96. The molecule has 2 aromatic rings. The molecule has 3 rings (SSSR count). The lowest BCUT2D eigenvalue weighted by molar-refractivity contribution is -0.536. The smallest absolute Gasteiger partial charge is 0.303 e. The number of carbonyl (C=O) groups excluding carboxylic acids is 1. The van der Waals surface area contributed by atoms with Gasteiger partial charge in [0.15, 0.2) is 0 Å². The van der Waals surface area contributed by atoms with Gasteiger partial charge in [-0.05, 0) is 36.8 Å². The van der Waals surface area contributed by atoms with Gasteiger partial charge >= 0.3 is 5.97 Å². The lowest BCUT2D eigenvalue weighted by Gasteiger charge is -2.37. The van der Waals surface area contributed by atoms with E-state index in [1.54, 1.807) is 6.92 Å². The predicted octanol–water partition coefficient (Wildman–Crippen LogP) is 4.35. The van der Waals surface area contributed by atoms with E-state index in [1.165, 1.54) is 0 Å².